The van der Waals surface area contributed by atoms with Crippen molar-refractivity contribution in [2.24, 2.45) is 0 Å². The van der Waals surface area contributed by atoms with E-state index in [4.69, 9.17) is 38.5 Å². The fraction of sp³-hybridized carbons (Fsp3) is 0. The molecule has 0 amide bonds. The van der Waals surface area contributed by atoms with E-state index >= 15 is 0 Å². The zero-order chi connectivity index (χ0) is 9.00. The minimum Gasteiger partial charge on any atom is -0.822 e. The van der Waals surface area contributed by atoms with Crippen LogP contribution >= 0.6 is 15.6 Å². The molecule has 0 spiro atoms. The van der Waals surface area contributed by atoms with Crippen LogP contribution in [-0.4, -0.2) is 43.6 Å². The first-order chi connectivity index (χ1) is 4.00. The first-order valence-electron chi connectivity index (χ1n) is 1.46. The molecule has 0 aliphatic rings. The van der Waals surface area contributed by atoms with Gasteiger partial charge in [-0.05, 0) is 0 Å². The molecular weight excluding hydrogens is 426 g/mol. The summed E-state index contributed by atoms with van der Waals surface area (Å²) in [5.74, 6) is 0. The van der Waals surface area contributed by atoms with Gasteiger partial charge in [-0.15, -0.1) is 0 Å². The van der Waals surface area contributed by atoms with E-state index in [1.807, 2.05) is 0 Å². The van der Waals surface area contributed by atoms with Gasteiger partial charge in [0.05, 0.1) is 0 Å². The Labute approximate surface area is 97.4 Å². The molecular formula is AlBiO8P2. The van der Waals surface area contributed by atoms with E-state index in [-0.39, 0.29) is 43.6 Å². The second-order valence-corrected chi connectivity index (χ2v) is 2.68. The van der Waals surface area contributed by atoms with Crippen molar-refractivity contribution < 1.29 is 38.5 Å². The summed E-state index contributed by atoms with van der Waals surface area (Å²) in [6, 6.07) is 0. The molecule has 0 saturated carbocycles. The quantitative estimate of drug-likeness (QED) is 0.272. The predicted octanol–water partition coefficient (Wildman–Crippen LogP) is -6.41. The van der Waals surface area contributed by atoms with Crippen LogP contribution in [-0.2, 0) is 9.13 Å². The molecule has 0 aliphatic heterocycles. The molecule has 66 valence electrons. The largest absolute Gasteiger partial charge is 3.00 e. The molecule has 8 nitrogen and oxygen atoms in total. The Morgan fingerprint density at radius 2 is 0.667 bits per heavy atom. The van der Waals surface area contributed by atoms with E-state index in [1.54, 1.807) is 0 Å². The van der Waals surface area contributed by atoms with E-state index in [0.717, 1.165) is 0 Å². The Morgan fingerprint density at radius 1 is 0.667 bits per heavy atom. The summed E-state index contributed by atoms with van der Waals surface area (Å²) < 4.78 is 17.1. The summed E-state index contributed by atoms with van der Waals surface area (Å²) in [6.45, 7) is 0. The van der Waals surface area contributed by atoms with Gasteiger partial charge in [-0.3, -0.25) is 0 Å². The van der Waals surface area contributed by atoms with Crippen molar-refractivity contribution in [3.05, 3.63) is 0 Å². The van der Waals surface area contributed by atoms with Crippen LogP contribution in [0.5, 0.6) is 0 Å². The first-order valence-corrected chi connectivity index (χ1v) is 4.38. The fourth-order valence-corrected chi connectivity index (χ4v) is 0. The van der Waals surface area contributed by atoms with E-state index in [0.29, 0.717) is 0 Å². The van der Waals surface area contributed by atoms with Crippen molar-refractivity contribution in [1.29, 1.82) is 0 Å². The van der Waals surface area contributed by atoms with Crippen LogP contribution in [0.15, 0.2) is 0 Å². The van der Waals surface area contributed by atoms with Crippen LogP contribution in [0.25, 0.3) is 0 Å². The Bertz CT molecular complexity index is 129. The molecule has 0 atom stereocenters. The Kier molecular flexibility index (Phi) is 18.0. The fourth-order valence-electron chi connectivity index (χ4n) is 0. The van der Waals surface area contributed by atoms with Crippen LogP contribution in [0.1, 0.15) is 0 Å². The van der Waals surface area contributed by atoms with Gasteiger partial charge in [-0.25, -0.2) is 0 Å². The summed E-state index contributed by atoms with van der Waals surface area (Å²) >= 11 is 0. The molecule has 0 bridgehead atoms. The molecule has 0 aromatic rings. The number of phosphoric acid groups is 2. The minimum atomic E-state index is -5.39. The smallest absolute Gasteiger partial charge is 0.822 e. The molecule has 0 unspecified atom stereocenters. The van der Waals surface area contributed by atoms with E-state index in [1.165, 1.54) is 0 Å². The van der Waals surface area contributed by atoms with Gasteiger partial charge in [-0.2, -0.15) is 15.6 Å². The average molecular weight is 426 g/mol. The third-order valence-electron chi connectivity index (χ3n) is 0. The Morgan fingerprint density at radius 3 is 0.667 bits per heavy atom. The SMILES string of the molecule is O=P([O-])([O-])[O-].O=P([O-])([O-])[O-].[Al+3].[Bi+3]. The topological polar surface area (TPSA) is 172 Å². The Hall–Kier alpha value is 1.64. The molecule has 0 aliphatic carbocycles. The third kappa shape index (κ3) is 492. The summed E-state index contributed by atoms with van der Waals surface area (Å²) in [4.78, 5) is 51.3. The zero-order valence-corrected chi connectivity index (χ0v) is 11.6. The Balaban J connectivity index is -0.0000000457. The van der Waals surface area contributed by atoms with Gasteiger partial charge in [0.25, 0.3) is 0 Å². The summed E-state index contributed by atoms with van der Waals surface area (Å²) in [6.07, 6.45) is 0. The van der Waals surface area contributed by atoms with Gasteiger partial charge in [0, 0.05) is 0 Å². The van der Waals surface area contributed by atoms with E-state index < -0.39 is 15.6 Å². The van der Waals surface area contributed by atoms with Gasteiger partial charge < -0.3 is 38.5 Å². The average Bonchev–Trinajstić information content (AvgIpc) is 1.12. The van der Waals surface area contributed by atoms with Crippen molar-refractivity contribution in [1.82, 2.24) is 0 Å². The van der Waals surface area contributed by atoms with Crippen molar-refractivity contribution in [3.63, 3.8) is 0 Å². The molecule has 2 radical (unpaired) electrons. The number of rotatable bonds is 0. The normalized spacial score (nSPS) is 9.83. The minimum absolute atomic E-state index is 0. The van der Waals surface area contributed by atoms with Crippen LogP contribution < -0.4 is 29.4 Å². The van der Waals surface area contributed by atoms with Crippen molar-refractivity contribution in [3.8, 4) is 0 Å². The van der Waals surface area contributed by atoms with Crippen molar-refractivity contribution >= 4 is 59.2 Å². The molecule has 0 heterocycles. The summed E-state index contributed by atoms with van der Waals surface area (Å²) in [5, 5.41) is 0. The molecule has 0 N–H and O–H groups in total. The maximum absolute atomic E-state index is 8.55. The van der Waals surface area contributed by atoms with Crippen LogP contribution in [0.3, 0.4) is 0 Å². The standard InChI is InChI=1S/Al.Bi.2H3O4P/c;;2*1-5(2,3)4/h;;2*(H3,1,2,3,4)/q2*+3;;/p-6. The molecule has 12 heavy (non-hydrogen) atoms. The van der Waals surface area contributed by atoms with Gasteiger partial charge in [0.2, 0.25) is 0 Å². The van der Waals surface area contributed by atoms with Gasteiger partial charge in [0.1, 0.15) is 0 Å². The number of hydrogen-bond donors (Lipinski definition) is 0. The monoisotopic (exact) mass is 426 g/mol. The van der Waals surface area contributed by atoms with Crippen LogP contribution in [0, 0.1) is 0 Å². The van der Waals surface area contributed by atoms with Gasteiger partial charge in [-0.1, -0.05) is 0 Å². The maximum Gasteiger partial charge on any atom is 3.00 e. The molecule has 12 heteroatoms. The van der Waals surface area contributed by atoms with Crippen LogP contribution in [0.2, 0.25) is 0 Å². The molecule has 0 rings (SSSR count). The van der Waals surface area contributed by atoms with E-state index in [9.17, 15) is 0 Å². The molecule has 0 saturated heterocycles. The third-order valence-corrected chi connectivity index (χ3v) is 0. The molecule has 0 aromatic carbocycles. The maximum atomic E-state index is 8.55. The summed E-state index contributed by atoms with van der Waals surface area (Å²) in [7, 11) is -10.8. The second kappa shape index (κ2) is 9.20. The van der Waals surface area contributed by atoms with Crippen molar-refractivity contribution in [2.45, 2.75) is 0 Å². The van der Waals surface area contributed by atoms with E-state index in [2.05, 4.69) is 0 Å². The predicted molar refractivity (Wildman–Crippen MR) is 26.7 cm³/mol. The number of hydrogen-bond acceptors (Lipinski definition) is 8. The summed E-state index contributed by atoms with van der Waals surface area (Å²) in [5.41, 5.74) is 0. The second-order valence-electron chi connectivity index (χ2n) is 0.894. The molecule has 0 aromatic heterocycles. The zero-order valence-electron chi connectivity index (χ0n) is 5.18. The first kappa shape index (κ1) is 23.4. The van der Waals surface area contributed by atoms with Gasteiger partial charge >= 0.3 is 43.6 Å². The van der Waals surface area contributed by atoms with Gasteiger partial charge in [0.15, 0.2) is 0 Å². The molecule has 0 fully saturated rings. The van der Waals surface area contributed by atoms with Crippen molar-refractivity contribution in [2.75, 3.05) is 0 Å². The van der Waals surface area contributed by atoms with Crippen LogP contribution in [0.4, 0.5) is 0 Å².